The number of amides is 2. The van der Waals surface area contributed by atoms with E-state index in [2.05, 4.69) is 15.9 Å². The van der Waals surface area contributed by atoms with E-state index in [1.165, 1.54) is 16.7 Å². The van der Waals surface area contributed by atoms with Gasteiger partial charge in [-0.3, -0.25) is 14.5 Å². The molecule has 28 heavy (non-hydrogen) atoms. The van der Waals surface area contributed by atoms with Crippen LogP contribution in [0.1, 0.15) is 19.6 Å². The number of furan rings is 1. The van der Waals surface area contributed by atoms with Gasteiger partial charge < -0.3 is 9.32 Å². The number of benzene rings is 1. The van der Waals surface area contributed by atoms with Gasteiger partial charge in [-0.15, -0.1) is 0 Å². The second kappa shape index (κ2) is 9.07. The van der Waals surface area contributed by atoms with E-state index in [0.29, 0.717) is 33.8 Å². The van der Waals surface area contributed by atoms with Gasteiger partial charge in [0.05, 0.1) is 4.91 Å². The minimum absolute atomic E-state index is 0.0357. The molecule has 1 fully saturated rings. The average molecular weight is 479 g/mol. The topological polar surface area (TPSA) is 53.8 Å². The third kappa shape index (κ3) is 4.56. The van der Waals surface area contributed by atoms with Crippen molar-refractivity contribution in [3.63, 3.8) is 0 Å². The SMILES string of the molecule is CCN(CC)C(=O)CN1C(=O)C(=Cc2ccc(-c3ccc(Br)cc3)o2)SC1=S. The predicted molar refractivity (Wildman–Crippen MR) is 120 cm³/mol. The van der Waals surface area contributed by atoms with Gasteiger partial charge >= 0.3 is 0 Å². The molecule has 0 atom stereocenters. The van der Waals surface area contributed by atoms with Crippen molar-refractivity contribution in [1.82, 2.24) is 9.80 Å². The molecule has 5 nitrogen and oxygen atoms in total. The van der Waals surface area contributed by atoms with Gasteiger partial charge in [-0.1, -0.05) is 52.0 Å². The highest BCUT2D eigenvalue weighted by Gasteiger charge is 2.34. The Morgan fingerprint density at radius 3 is 2.54 bits per heavy atom. The quantitative estimate of drug-likeness (QED) is 0.441. The molecule has 146 valence electrons. The lowest BCUT2D eigenvalue weighted by Gasteiger charge is -2.22. The Morgan fingerprint density at radius 2 is 1.89 bits per heavy atom. The minimum Gasteiger partial charge on any atom is -0.457 e. The largest absolute Gasteiger partial charge is 0.457 e. The lowest BCUT2D eigenvalue weighted by molar-refractivity contribution is -0.135. The highest BCUT2D eigenvalue weighted by molar-refractivity contribution is 9.10. The predicted octanol–water partition coefficient (Wildman–Crippen LogP) is 4.78. The van der Waals surface area contributed by atoms with Gasteiger partial charge in [0.1, 0.15) is 22.4 Å². The van der Waals surface area contributed by atoms with E-state index < -0.39 is 0 Å². The summed E-state index contributed by atoms with van der Waals surface area (Å²) < 4.78 is 7.23. The van der Waals surface area contributed by atoms with Gasteiger partial charge in [0.15, 0.2) is 0 Å². The van der Waals surface area contributed by atoms with E-state index in [4.69, 9.17) is 16.6 Å². The molecule has 0 N–H and O–H groups in total. The number of halogens is 1. The molecule has 2 heterocycles. The number of rotatable bonds is 6. The Hall–Kier alpha value is -1.90. The molecule has 3 rings (SSSR count). The zero-order valence-corrected chi connectivity index (χ0v) is 18.7. The number of likely N-dealkylation sites (N-methyl/N-ethyl adjacent to an activating group) is 1. The number of nitrogens with zero attached hydrogens (tertiary/aromatic N) is 2. The normalized spacial score (nSPS) is 15.5. The number of thioether (sulfide) groups is 1. The van der Waals surface area contributed by atoms with Crippen molar-refractivity contribution in [2.45, 2.75) is 13.8 Å². The Kier molecular flexibility index (Phi) is 6.74. The first-order chi connectivity index (χ1) is 13.4. The molecule has 1 aliphatic rings. The fraction of sp³-hybridized carbons (Fsp3) is 0.250. The lowest BCUT2D eigenvalue weighted by Crippen LogP contribution is -2.41. The van der Waals surface area contributed by atoms with Crippen LogP contribution in [0.4, 0.5) is 0 Å². The molecule has 0 radical (unpaired) electrons. The number of hydrogen-bond acceptors (Lipinski definition) is 5. The van der Waals surface area contributed by atoms with Crippen LogP contribution in [-0.2, 0) is 9.59 Å². The molecule has 1 aliphatic heterocycles. The van der Waals surface area contributed by atoms with Crippen LogP contribution in [-0.4, -0.2) is 45.6 Å². The summed E-state index contributed by atoms with van der Waals surface area (Å²) in [6.45, 7) is 4.99. The average Bonchev–Trinajstić information content (AvgIpc) is 3.24. The molecular weight excluding hydrogens is 460 g/mol. The molecule has 1 saturated heterocycles. The molecule has 0 unspecified atom stereocenters. The Labute approximate surface area is 181 Å². The molecule has 8 heteroatoms. The molecule has 1 aromatic heterocycles. The molecule has 0 bridgehead atoms. The lowest BCUT2D eigenvalue weighted by atomic mass is 10.2. The molecular formula is C20H19BrN2O3S2. The van der Waals surface area contributed by atoms with Gasteiger partial charge in [0, 0.05) is 29.2 Å². The van der Waals surface area contributed by atoms with Crippen LogP contribution in [0.25, 0.3) is 17.4 Å². The van der Waals surface area contributed by atoms with Crippen LogP contribution >= 0.6 is 39.9 Å². The molecule has 0 saturated carbocycles. The van der Waals surface area contributed by atoms with Crippen LogP contribution in [0.5, 0.6) is 0 Å². The Bertz CT molecular complexity index is 933. The van der Waals surface area contributed by atoms with E-state index >= 15 is 0 Å². The second-order valence-corrected chi connectivity index (χ2v) is 8.63. The fourth-order valence-corrected chi connectivity index (χ4v) is 4.28. The van der Waals surface area contributed by atoms with Gasteiger partial charge in [0.25, 0.3) is 5.91 Å². The Morgan fingerprint density at radius 1 is 1.21 bits per heavy atom. The maximum Gasteiger partial charge on any atom is 0.266 e. The maximum atomic E-state index is 12.7. The van der Waals surface area contributed by atoms with Crippen molar-refractivity contribution in [1.29, 1.82) is 0 Å². The number of thiocarbonyl (C=S) groups is 1. The van der Waals surface area contributed by atoms with E-state index in [-0.39, 0.29) is 18.4 Å². The summed E-state index contributed by atoms with van der Waals surface area (Å²) in [5.41, 5.74) is 0.945. The summed E-state index contributed by atoms with van der Waals surface area (Å²) in [7, 11) is 0. The van der Waals surface area contributed by atoms with Crippen LogP contribution < -0.4 is 0 Å². The van der Waals surface area contributed by atoms with Crippen molar-refractivity contribution >= 4 is 62.1 Å². The molecule has 2 amide bonds. The zero-order chi connectivity index (χ0) is 20.3. The third-order valence-corrected chi connectivity index (χ3v) is 6.22. The van der Waals surface area contributed by atoms with Gasteiger partial charge in [-0.2, -0.15) is 0 Å². The van der Waals surface area contributed by atoms with E-state index in [0.717, 1.165) is 10.0 Å². The molecule has 1 aromatic carbocycles. The maximum absolute atomic E-state index is 12.7. The summed E-state index contributed by atoms with van der Waals surface area (Å²) in [6.07, 6.45) is 1.67. The standard InChI is InChI=1S/C20H19BrN2O3S2/c1-3-22(4-2)18(24)12-23-19(25)17(28-20(23)27)11-15-9-10-16(26-15)13-5-7-14(21)8-6-13/h5-11H,3-4,12H2,1-2H3. The third-order valence-electron chi connectivity index (χ3n) is 4.31. The first-order valence-corrected chi connectivity index (χ1v) is 10.8. The molecule has 0 spiro atoms. The van der Waals surface area contributed by atoms with Crippen molar-refractivity contribution in [3.8, 4) is 11.3 Å². The van der Waals surface area contributed by atoms with E-state index in [9.17, 15) is 9.59 Å². The van der Waals surface area contributed by atoms with Gasteiger partial charge in [-0.25, -0.2) is 0 Å². The summed E-state index contributed by atoms with van der Waals surface area (Å²) in [4.78, 5) is 28.5. The molecule has 2 aromatic rings. The van der Waals surface area contributed by atoms with Crippen molar-refractivity contribution < 1.29 is 14.0 Å². The number of carbonyl (C=O) groups excluding carboxylic acids is 2. The van der Waals surface area contributed by atoms with Gasteiger partial charge in [-0.05, 0) is 38.1 Å². The summed E-state index contributed by atoms with van der Waals surface area (Å²) in [5, 5.41) is 0. The smallest absolute Gasteiger partial charge is 0.266 e. The first kappa shape index (κ1) is 20.8. The monoisotopic (exact) mass is 478 g/mol. The number of carbonyl (C=O) groups is 2. The second-order valence-electron chi connectivity index (χ2n) is 6.04. The molecule has 0 aliphatic carbocycles. The van der Waals surface area contributed by atoms with E-state index in [1.54, 1.807) is 11.0 Å². The van der Waals surface area contributed by atoms with Crippen LogP contribution in [0.3, 0.4) is 0 Å². The highest BCUT2D eigenvalue weighted by Crippen LogP contribution is 2.33. The van der Waals surface area contributed by atoms with Crippen molar-refractivity contribution in [2.24, 2.45) is 0 Å². The van der Waals surface area contributed by atoms with E-state index in [1.807, 2.05) is 50.2 Å². The van der Waals surface area contributed by atoms with Crippen LogP contribution in [0.2, 0.25) is 0 Å². The fourth-order valence-electron chi connectivity index (χ4n) is 2.78. The highest BCUT2D eigenvalue weighted by atomic mass is 79.9. The summed E-state index contributed by atoms with van der Waals surface area (Å²) >= 11 is 9.90. The first-order valence-electron chi connectivity index (χ1n) is 8.81. The van der Waals surface area contributed by atoms with Crippen LogP contribution in [0.15, 0.2) is 50.2 Å². The Balaban J connectivity index is 1.75. The van der Waals surface area contributed by atoms with Crippen molar-refractivity contribution in [2.75, 3.05) is 19.6 Å². The minimum atomic E-state index is -0.267. The van der Waals surface area contributed by atoms with Gasteiger partial charge in [0.2, 0.25) is 5.91 Å². The zero-order valence-electron chi connectivity index (χ0n) is 15.5. The van der Waals surface area contributed by atoms with Crippen molar-refractivity contribution in [3.05, 3.63) is 51.5 Å². The number of hydrogen-bond donors (Lipinski definition) is 0. The summed E-state index contributed by atoms with van der Waals surface area (Å²) in [5.74, 6) is 0.898. The van der Waals surface area contributed by atoms with Crippen LogP contribution in [0, 0.1) is 0 Å². The summed E-state index contributed by atoms with van der Waals surface area (Å²) in [6, 6.07) is 11.5.